The molecule has 0 saturated heterocycles. The van der Waals surface area contributed by atoms with Gasteiger partial charge in [-0.1, -0.05) is 18.2 Å². The third-order valence-electron chi connectivity index (χ3n) is 5.05. The summed E-state index contributed by atoms with van der Waals surface area (Å²) in [6, 6.07) is 7.25. The first-order valence-electron chi connectivity index (χ1n) is 9.18. The lowest BCUT2D eigenvalue weighted by atomic mass is 10.1. The van der Waals surface area contributed by atoms with E-state index in [2.05, 4.69) is 10.4 Å². The highest BCUT2D eigenvalue weighted by molar-refractivity contribution is 6.05. The molecule has 0 saturated carbocycles. The van der Waals surface area contributed by atoms with Crippen LogP contribution in [0.15, 0.2) is 24.3 Å². The van der Waals surface area contributed by atoms with Crippen LogP contribution in [-0.2, 0) is 22.6 Å². The van der Waals surface area contributed by atoms with E-state index in [0.29, 0.717) is 6.42 Å². The number of para-hydroxylation sites is 1. The number of hydrogen-bond donors (Lipinski definition) is 1. The molecule has 1 aliphatic rings. The minimum atomic E-state index is -0.592. The summed E-state index contributed by atoms with van der Waals surface area (Å²) in [5.74, 6) is -0.202. The van der Waals surface area contributed by atoms with Gasteiger partial charge in [0.1, 0.15) is 6.04 Å². The van der Waals surface area contributed by atoms with Crippen LogP contribution >= 0.6 is 0 Å². The van der Waals surface area contributed by atoms with E-state index in [1.165, 1.54) is 0 Å². The van der Waals surface area contributed by atoms with Crippen LogP contribution in [0.4, 0.5) is 11.4 Å². The Balaban J connectivity index is 1.88. The maximum Gasteiger partial charge on any atom is 0.247 e. The summed E-state index contributed by atoms with van der Waals surface area (Å²) in [5, 5.41) is 7.43. The molecule has 2 heterocycles. The zero-order chi connectivity index (χ0) is 18.8. The maximum absolute atomic E-state index is 12.9. The van der Waals surface area contributed by atoms with Gasteiger partial charge in [0.15, 0.2) is 0 Å². The number of fused-ring (bicyclic) bond motifs is 1. The van der Waals surface area contributed by atoms with E-state index in [9.17, 15) is 9.59 Å². The molecule has 3 rings (SSSR count). The second kappa shape index (κ2) is 7.32. The van der Waals surface area contributed by atoms with Crippen molar-refractivity contribution in [2.75, 3.05) is 10.2 Å². The van der Waals surface area contributed by atoms with E-state index in [4.69, 9.17) is 0 Å². The topological polar surface area (TPSA) is 67.2 Å². The molecule has 0 bridgehead atoms. The van der Waals surface area contributed by atoms with Gasteiger partial charge in [0, 0.05) is 18.7 Å². The molecule has 2 aromatic rings. The summed E-state index contributed by atoms with van der Waals surface area (Å²) in [7, 11) is 0. The van der Waals surface area contributed by atoms with Gasteiger partial charge in [-0.15, -0.1) is 0 Å². The highest BCUT2D eigenvalue weighted by Crippen LogP contribution is 2.29. The second-order valence-corrected chi connectivity index (χ2v) is 6.77. The van der Waals surface area contributed by atoms with Crippen LogP contribution in [0.3, 0.4) is 0 Å². The quantitative estimate of drug-likeness (QED) is 0.917. The SMILES string of the molecule is CCn1nc(C)c(NC(=O)[C@H](C)N2C(=O)CCCc3ccccc32)c1C. The molecule has 1 atom stereocenters. The van der Waals surface area contributed by atoms with E-state index in [0.717, 1.165) is 47.7 Å². The zero-order valence-electron chi connectivity index (χ0n) is 15.9. The lowest BCUT2D eigenvalue weighted by Crippen LogP contribution is -2.45. The van der Waals surface area contributed by atoms with Crippen molar-refractivity contribution in [3.63, 3.8) is 0 Å². The van der Waals surface area contributed by atoms with E-state index >= 15 is 0 Å². The molecule has 0 spiro atoms. The fourth-order valence-electron chi connectivity index (χ4n) is 3.60. The van der Waals surface area contributed by atoms with Crippen LogP contribution < -0.4 is 10.2 Å². The number of carbonyl (C=O) groups is 2. The van der Waals surface area contributed by atoms with Gasteiger partial charge < -0.3 is 5.32 Å². The molecule has 0 radical (unpaired) electrons. The van der Waals surface area contributed by atoms with Crippen molar-refractivity contribution in [3.8, 4) is 0 Å². The number of hydrogen-bond acceptors (Lipinski definition) is 3. The van der Waals surface area contributed by atoms with Gasteiger partial charge in [-0.3, -0.25) is 19.2 Å². The predicted octanol–water partition coefficient (Wildman–Crippen LogP) is 3.22. The number of amides is 2. The lowest BCUT2D eigenvalue weighted by molar-refractivity contribution is -0.123. The van der Waals surface area contributed by atoms with Crippen molar-refractivity contribution < 1.29 is 9.59 Å². The number of nitrogens with one attached hydrogen (secondary N) is 1. The summed E-state index contributed by atoms with van der Waals surface area (Å²) in [5.41, 5.74) is 4.40. The Hall–Kier alpha value is -2.63. The molecular weight excluding hydrogens is 328 g/mol. The van der Waals surface area contributed by atoms with Crippen LogP contribution in [0.1, 0.15) is 43.6 Å². The highest BCUT2D eigenvalue weighted by atomic mass is 16.2. The highest BCUT2D eigenvalue weighted by Gasteiger charge is 2.31. The van der Waals surface area contributed by atoms with Crippen molar-refractivity contribution in [2.24, 2.45) is 0 Å². The number of nitrogens with zero attached hydrogens (tertiary/aromatic N) is 3. The molecule has 2 amide bonds. The van der Waals surface area contributed by atoms with Crippen LogP contribution in [0.2, 0.25) is 0 Å². The normalized spacial score (nSPS) is 15.4. The number of anilines is 2. The molecular formula is C20H26N4O2. The summed E-state index contributed by atoms with van der Waals surface area (Å²) in [6.07, 6.45) is 2.12. The molecule has 26 heavy (non-hydrogen) atoms. The Bertz CT molecular complexity index is 840. The molecule has 0 unspecified atom stereocenters. The molecule has 1 aliphatic heterocycles. The average Bonchev–Trinajstić information content (AvgIpc) is 2.80. The number of rotatable bonds is 4. The largest absolute Gasteiger partial charge is 0.321 e. The van der Waals surface area contributed by atoms with Gasteiger partial charge in [-0.2, -0.15) is 5.10 Å². The first-order chi connectivity index (χ1) is 12.4. The van der Waals surface area contributed by atoms with Crippen molar-refractivity contribution in [2.45, 2.75) is 59.5 Å². The number of benzene rings is 1. The van der Waals surface area contributed by atoms with Crippen molar-refractivity contribution in [1.82, 2.24) is 9.78 Å². The summed E-state index contributed by atoms with van der Waals surface area (Å²) in [4.78, 5) is 27.3. The molecule has 138 valence electrons. The number of carbonyl (C=O) groups excluding carboxylic acids is 2. The van der Waals surface area contributed by atoms with Gasteiger partial charge >= 0.3 is 0 Å². The van der Waals surface area contributed by atoms with Gasteiger partial charge in [-0.25, -0.2) is 0 Å². The third kappa shape index (κ3) is 3.23. The van der Waals surface area contributed by atoms with Crippen LogP contribution in [0.5, 0.6) is 0 Å². The molecule has 1 N–H and O–H groups in total. The lowest BCUT2D eigenvalue weighted by Gasteiger charge is -2.28. The van der Waals surface area contributed by atoms with Gasteiger partial charge in [0.2, 0.25) is 11.8 Å². The first kappa shape index (κ1) is 18.2. The zero-order valence-corrected chi connectivity index (χ0v) is 15.9. The molecule has 6 heteroatoms. The Morgan fingerprint density at radius 3 is 2.69 bits per heavy atom. The Labute approximate surface area is 154 Å². The Morgan fingerprint density at radius 1 is 1.27 bits per heavy atom. The Kier molecular flexibility index (Phi) is 5.11. The van der Waals surface area contributed by atoms with Crippen LogP contribution in [-0.4, -0.2) is 27.6 Å². The summed E-state index contributed by atoms with van der Waals surface area (Å²) < 4.78 is 1.86. The molecule has 1 aromatic heterocycles. The number of aryl methyl sites for hydroxylation is 3. The van der Waals surface area contributed by atoms with Crippen molar-refractivity contribution in [3.05, 3.63) is 41.2 Å². The first-order valence-corrected chi connectivity index (χ1v) is 9.18. The smallest absolute Gasteiger partial charge is 0.247 e. The van der Waals surface area contributed by atoms with E-state index < -0.39 is 6.04 Å². The van der Waals surface area contributed by atoms with Crippen LogP contribution in [0, 0.1) is 13.8 Å². The number of aromatic nitrogens is 2. The summed E-state index contributed by atoms with van der Waals surface area (Å²) >= 11 is 0. The van der Waals surface area contributed by atoms with Crippen LogP contribution in [0.25, 0.3) is 0 Å². The fraction of sp³-hybridized carbons (Fsp3) is 0.450. The summed E-state index contributed by atoms with van der Waals surface area (Å²) in [6.45, 7) is 8.36. The monoisotopic (exact) mass is 354 g/mol. The van der Waals surface area contributed by atoms with E-state index in [-0.39, 0.29) is 11.8 Å². The minimum absolute atomic E-state index is 0.00435. The van der Waals surface area contributed by atoms with Gasteiger partial charge in [0.25, 0.3) is 0 Å². The third-order valence-corrected chi connectivity index (χ3v) is 5.05. The minimum Gasteiger partial charge on any atom is -0.321 e. The molecule has 6 nitrogen and oxygen atoms in total. The standard InChI is InChI=1S/C20H26N4O2/c1-5-23-14(3)19(13(2)22-23)21-20(26)15(4)24-17-11-7-6-9-16(17)10-8-12-18(24)25/h6-7,9,11,15H,5,8,10,12H2,1-4H3,(H,21,26)/t15-/m0/s1. The van der Waals surface area contributed by atoms with E-state index in [1.54, 1.807) is 11.8 Å². The maximum atomic E-state index is 12.9. The molecule has 0 aliphatic carbocycles. The predicted molar refractivity (Wildman–Crippen MR) is 102 cm³/mol. The van der Waals surface area contributed by atoms with Gasteiger partial charge in [-0.05, 0) is 52.2 Å². The van der Waals surface area contributed by atoms with Crippen molar-refractivity contribution in [1.29, 1.82) is 0 Å². The van der Waals surface area contributed by atoms with E-state index in [1.807, 2.05) is 49.7 Å². The molecule has 0 fully saturated rings. The molecule has 1 aromatic carbocycles. The van der Waals surface area contributed by atoms with Crippen molar-refractivity contribution >= 4 is 23.2 Å². The fourth-order valence-corrected chi connectivity index (χ4v) is 3.60. The van der Waals surface area contributed by atoms with Gasteiger partial charge in [0.05, 0.1) is 17.1 Å². The Morgan fingerprint density at radius 2 is 2.00 bits per heavy atom. The second-order valence-electron chi connectivity index (χ2n) is 6.77. The average molecular weight is 354 g/mol.